The van der Waals surface area contributed by atoms with Crippen molar-refractivity contribution in [3.8, 4) is 0 Å². The van der Waals surface area contributed by atoms with E-state index in [0.29, 0.717) is 0 Å². The van der Waals surface area contributed by atoms with Crippen molar-refractivity contribution in [3.63, 3.8) is 0 Å². The van der Waals surface area contributed by atoms with Gasteiger partial charge in [0.25, 0.3) is 0 Å². The SMILES string of the molecule is O=C(/C=C/c1cccnc1)NC(CO)c1ccccc1. The average Bonchev–Trinajstić information content (AvgIpc) is 2.52. The van der Waals surface area contributed by atoms with Crippen molar-refractivity contribution in [3.05, 3.63) is 72.1 Å². The molecule has 0 saturated carbocycles. The fourth-order valence-electron chi connectivity index (χ4n) is 1.79. The maximum atomic E-state index is 11.8. The Kier molecular flexibility index (Phi) is 5.03. The maximum absolute atomic E-state index is 11.8. The minimum atomic E-state index is -0.401. The lowest BCUT2D eigenvalue weighted by molar-refractivity contribution is -0.117. The molecule has 1 unspecified atom stereocenters. The van der Waals surface area contributed by atoms with Crippen molar-refractivity contribution in [2.75, 3.05) is 6.61 Å². The van der Waals surface area contributed by atoms with Gasteiger partial charge < -0.3 is 10.4 Å². The first-order valence-corrected chi connectivity index (χ1v) is 6.34. The Labute approximate surface area is 117 Å². The number of aliphatic hydroxyl groups is 1. The molecule has 0 spiro atoms. The minimum absolute atomic E-state index is 0.142. The molecule has 0 fully saturated rings. The van der Waals surface area contributed by atoms with Crippen LogP contribution in [-0.4, -0.2) is 22.6 Å². The molecule has 0 aliphatic rings. The van der Waals surface area contributed by atoms with E-state index in [9.17, 15) is 9.90 Å². The number of aromatic nitrogens is 1. The molecular formula is C16H16N2O2. The summed E-state index contributed by atoms with van der Waals surface area (Å²) < 4.78 is 0. The van der Waals surface area contributed by atoms with Crippen molar-refractivity contribution in [1.29, 1.82) is 0 Å². The summed E-state index contributed by atoms with van der Waals surface area (Å²) in [4.78, 5) is 15.8. The number of hydrogen-bond acceptors (Lipinski definition) is 3. The van der Waals surface area contributed by atoms with Crippen LogP contribution in [0.15, 0.2) is 60.9 Å². The predicted octanol–water partition coefficient (Wildman–Crippen LogP) is 1.94. The van der Waals surface area contributed by atoms with Gasteiger partial charge in [-0.15, -0.1) is 0 Å². The quantitative estimate of drug-likeness (QED) is 0.815. The summed E-state index contributed by atoms with van der Waals surface area (Å²) in [7, 11) is 0. The Morgan fingerprint density at radius 2 is 2.05 bits per heavy atom. The third kappa shape index (κ3) is 4.03. The lowest BCUT2D eigenvalue weighted by Gasteiger charge is -2.15. The molecule has 2 aromatic rings. The number of hydrogen-bond donors (Lipinski definition) is 2. The summed E-state index contributed by atoms with van der Waals surface area (Å²) in [6.45, 7) is -0.142. The summed E-state index contributed by atoms with van der Waals surface area (Å²) >= 11 is 0. The summed E-state index contributed by atoms with van der Waals surface area (Å²) in [6.07, 6.45) is 6.46. The van der Waals surface area contributed by atoms with Gasteiger partial charge in [0.05, 0.1) is 12.6 Å². The zero-order valence-corrected chi connectivity index (χ0v) is 10.9. The van der Waals surface area contributed by atoms with Crippen LogP contribution in [0.4, 0.5) is 0 Å². The number of aliphatic hydroxyl groups excluding tert-OH is 1. The first-order valence-electron chi connectivity index (χ1n) is 6.34. The molecule has 1 aromatic carbocycles. The second-order valence-corrected chi connectivity index (χ2v) is 4.27. The van der Waals surface area contributed by atoms with Gasteiger partial charge in [0, 0.05) is 18.5 Å². The predicted molar refractivity (Wildman–Crippen MR) is 77.7 cm³/mol. The van der Waals surface area contributed by atoms with Gasteiger partial charge in [-0.25, -0.2) is 0 Å². The normalized spacial score (nSPS) is 12.2. The molecule has 20 heavy (non-hydrogen) atoms. The van der Waals surface area contributed by atoms with Crippen LogP contribution in [0.5, 0.6) is 0 Å². The van der Waals surface area contributed by atoms with Crippen molar-refractivity contribution in [2.45, 2.75) is 6.04 Å². The number of carbonyl (C=O) groups is 1. The summed E-state index contributed by atoms with van der Waals surface area (Å²) in [6, 6.07) is 12.6. The number of benzene rings is 1. The number of carbonyl (C=O) groups excluding carboxylic acids is 1. The van der Waals surface area contributed by atoms with Crippen LogP contribution in [0, 0.1) is 0 Å². The standard InChI is InChI=1S/C16H16N2O2/c19-12-15(14-6-2-1-3-7-14)18-16(20)9-8-13-5-4-10-17-11-13/h1-11,15,19H,12H2,(H,18,20)/b9-8+. The van der Waals surface area contributed by atoms with Crippen LogP contribution in [0.3, 0.4) is 0 Å². The Bertz CT molecular complexity index is 568. The summed E-state index contributed by atoms with van der Waals surface area (Å²) in [5, 5.41) is 12.1. The van der Waals surface area contributed by atoms with E-state index in [4.69, 9.17) is 0 Å². The molecule has 1 amide bonds. The number of rotatable bonds is 5. The maximum Gasteiger partial charge on any atom is 0.244 e. The highest BCUT2D eigenvalue weighted by atomic mass is 16.3. The first kappa shape index (κ1) is 14.0. The van der Waals surface area contributed by atoms with Gasteiger partial charge in [0.2, 0.25) is 5.91 Å². The second kappa shape index (κ2) is 7.21. The molecule has 1 aromatic heterocycles. The molecule has 0 saturated heterocycles. The molecule has 4 heteroatoms. The lowest BCUT2D eigenvalue weighted by Crippen LogP contribution is -2.29. The second-order valence-electron chi connectivity index (χ2n) is 4.27. The Morgan fingerprint density at radius 1 is 1.25 bits per heavy atom. The Hall–Kier alpha value is -2.46. The van der Waals surface area contributed by atoms with Gasteiger partial charge in [0.15, 0.2) is 0 Å². The molecule has 1 heterocycles. The third-order valence-corrected chi connectivity index (χ3v) is 2.81. The molecule has 1 atom stereocenters. The first-order chi connectivity index (χ1) is 9.79. The van der Waals surface area contributed by atoms with Crippen LogP contribution < -0.4 is 5.32 Å². The van der Waals surface area contributed by atoms with Crippen molar-refractivity contribution in [2.24, 2.45) is 0 Å². The van der Waals surface area contributed by atoms with Gasteiger partial charge in [-0.1, -0.05) is 36.4 Å². The van der Waals surface area contributed by atoms with E-state index in [2.05, 4.69) is 10.3 Å². The van der Waals surface area contributed by atoms with Gasteiger partial charge in [0.1, 0.15) is 0 Å². The van der Waals surface area contributed by atoms with E-state index in [1.807, 2.05) is 36.4 Å². The van der Waals surface area contributed by atoms with E-state index in [1.165, 1.54) is 6.08 Å². The number of pyridine rings is 1. The summed E-state index contributed by atoms with van der Waals surface area (Å²) in [5.41, 5.74) is 1.72. The Balaban J connectivity index is 1.98. The lowest BCUT2D eigenvalue weighted by atomic mass is 10.1. The number of nitrogens with one attached hydrogen (secondary N) is 1. The average molecular weight is 268 g/mol. The third-order valence-electron chi connectivity index (χ3n) is 2.81. The largest absolute Gasteiger partial charge is 0.394 e. The molecule has 2 N–H and O–H groups in total. The van der Waals surface area contributed by atoms with Gasteiger partial charge in [-0.2, -0.15) is 0 Å². The highest BCUT2D eigenvalue weighted by molar-refractivity contribution is 5.91. The van der Waals surface area contributed by atoms with Crippen molar-refractivity contribution in [1.82, 2.24) is 10.3 Å². The van der Waals surface area contributed by atoms with Crippen molar-refractivity contribution >= 4 is 12.0 Å². The van der Waals surface area contributed by atoms with E-state index in [1.54, 1.807) is 24.5 Å². The van der Waals surface area contributed by atoms with E-state index in [0.717, 1.165) is 11.1 Å². The molecule has 0 aliphatic heterocycles. The van der Waals surface area contributed by atoms with Crippen LogP contribution in [-0.2, 0) is 4.79 Å². The minimum Gasteiger partial charge on any atom is -0.394 e. The zero-order valence-electron chi connectivity index (χ0n) is 10.9. The molecular weight excluding hydrogens is 252 g/mol. The van der Waals surface area contributed by atoms with E-state index < -0.39 is 6.04 Å². The van der Waals surface area contributed by atoms with Crippen LogP contribution >= 0.6 is 0 Å². The molecule has 0 radical (unpaired) electrons. The molecule has 0 bridgehead atoms. The number of amides is 1. The highest BCUT2D eigenvalue weighted by Crippen LogP contribution is 2.11. The molecule has 2 rings (SSSR count). The fourth-order valence-corrected chi connectivity index (χ4v) is 1.79. The topological polar surface area (TPSA) is 62.2 Å². The molecule has 102 valence electrons. The Morgan fingerprint density at radius 3 is 2.70 bits per heavy atom. The van der Waals surface area contributed by atoms with Crippen molar-refractivity contribution < 1.29 is 9.90 Å². The van der Waals surface area contributed by atoms with Crippen LogP contribution in [0.25, 0.3) is 6.08 Å². The zero-order chi connectivity index (χ0) is 14.2. The molecule has 4 nitrogen and oxygen atoms in total. The highest BCUT2D eigenvalue weighted by Gasteiger charge is 2.11. The number of nitrogens with zero attached hydrogens (tertiary/aromatic N) is 1. The van der Waals surface area contributed by atoms with Gasteiger partial charge in [-0.05, 0) is 23.3 Å². The van der Waals surface area contributed by atoms with Gasteiger partial charge in [-0.3, -0.25) is 9.78 Å². The smallest absolute Gasteiger partial charge is 0.244 e. The fraction of sp³-hybridized carbons (Fsp3) is 0.125. The van der Waals surface area contributed by atoms with Crippen LogP contribution in [0.1, 0.15) is 17.2 Å². The van der Waals surface area contributed by atoms with E-state index >= 15 is 0 Å². The monoisotopic (exact) mass is 268 g/mol. The van der Waals surface area contributed by atoms with E-state index in [-0.39, 0.29) is 12.5 Å². The van der Waals surface area contributed by atoms with Gasteiger partial charge >= 0.3 is 0 Å². The molecule has 0 aliphatic carbocycles. The van der Waals surface area contributed by atoms with Crippen LogP contribution in [0.2, 0.25) is 0 Å². The summed E-state index contributed by atoms with van der Waals surface area (Å²) in [5.74, 6) is -0.253.